The van der Waals surface area contributed by atoms with Crippen LogP contribution < -0.4 is 19.9 Å². The largest absolute Gasteiger partial charge is 0.454 e. The second-order valence-corrected chi connectivity index (χ2v) is 9.34. The van der Waals surface area contributed by atoms with Crippen LogP contribution >= 0.6 is 0 Å². The van der Waals surface area contributed by atoms with Crippen LogP contribution in [0.2, 0.25) is 0 Å². The number of anilines is 1. The van der Waals surface area contributed by atoms with Gasteiger partial charge in [-0.3, -0.25) is 9.52 Å². The molecule has 1 N–H and O–H groups in total. The van der Waals surface area contributed by atoms with Crippen LogP contribution in [0, 0.1) is 11.6 Å². The highest BCUT2D eigenvalue weighted by molar-refractivity contribution is 7.92. The van der Waals surface area contributed by atoms with Crippen molar-refractivity contribution >= 4 is 26.6 Å². The normalized spacial score (nSPS) is 11.6. The van der Waals surface area contributed by atoms with Crippen molar-refractivity contribution in [1.82, 2.24) is 14.5 Å². The van der Waals surface area contributed by atoms with Crippen molar-refractivity contribution in [2.45, 2.75) is 6.92 Å². The summed E-state index contributed by atoms with van der Waals surface area (Å²) in [7, 11) is -0.681. The quantitative estimate of drug-likeness (QED) is 0.426. The Hall–Kier alpha value is -3.93. The summed E-state index contributed by atoms with van der Waals surface area (Å²) in [4.78, 5) is 18.8. The number of benzene rings is 2. The van der Waals surface area contributed by atoms with Gasteiger partial charge in [0, 0.05) is 36.1 Å². The minimum absolute atomic E-state index is 0.122. The van der Waals surface area contributed by atoms with E-state index >= 15 is 0 Å². The SMILES string of the molecule is CCS(=O)(=O)Nc1ccc(Oc2ccc(F)cc2F)c(-c2cn(C)c(=O)c3cn(OC)nc23)c1. The zero-order valence-electron chi connectivity index (χ0n) is 18.4. The lowest BCUT2D eigenvalue weighted by atomic mass is 10.0. The zero-order valence-corrected chi connectivity index (χ0v) is 19.2. The molecule has 0 saturated carbocycles. The number of hydrogen-bond donors (Lipinski definition) is 1. The smallest absolute Gasteiger partial charge is 0.261 e. The minimum atomic E-state index is -3.60. The molecule has 0 bridgehead atoms. The van der Waals surface area contributed by atoms with Crippen molar-refractivity contribution in [3.8, 4) is 22.6 Å². The van der Waals surface area contributed by atoms with E-state index in [1.54, 1.807) is 7.05 Å². The van der Waals surface area contributed by atoms with Gasteiger partial charge < -0.3 is 14.1 Å². The van der Waals surface area contributed by atoms with Gasteiger partial charge >= 0.3 is 0 Å². The van der Waals surface area contributed by atoms with E-state index in [1.165, 1.54) is 49.2 Å². The van der Waals surface area contributed by atoms with E-state index in [1.807, 2.05) is 0 Å². The Labute approximate surface area is 193 Å². The second kappa shape index (κ2) is 8.78. The van der Waals surface area contributed by atoms with Gasteiger partial charge in [-0.25, -0.2) is 17.2 Å². The molecule has 0 fully saturated rings. The molecule has 0 spiro atoms. The molecule has 2 aromatic carbocycles. The van der Waals surface area contributed by atoms with Crippen molar-refractivity contribution in [2.24, 2.45) is 7.05 Å². The van der Waals surface area contributed by atoms with Gasteiger partial charge in [0.1, 0.15) is 24.2 Å². The lowest BCUT2D eigenvalue weighted by Crippen LogP contribution is -2.16. The molecule has 34 heavy (non-hydrogen) atoms. The van der Waals surface area contributed by atoms with E-state index in [4.69, 9.17) is 9.57 Å². The summed E-state index contributed by atoms with van der Waals surface area (Å²) >= 11 is 0. The third-order valence-corrected chi connectivity index (χ3v) is 6.35. The number of pyridine rings is 1. The molecule has 9 nitrogen and oxygen atoms in total. The van der Waals surface area contributed by atoms with E-state index in [0.29, 0.717) is 17.2 Å². The summed E-state index contributed by atoms with van der Waals surface area (Å²) in [6.07, 6.45) is 2.91. The van der Waals surface area contributed by atoms with Crippen LogP contribution in [0.5, 0.6) is 11.5 Å². The van der Waals surface area contributed by atoms with Gasteiger partial charge in [-0.2, -0.15) is 0 Å². The van der Waals surface area contributed by atoms with Crippen molar-refractivity contribution in [1.29, 1.82) is 0 Å². The van der Waals surface area contributed by atoms with Gasteiger partial charge in [-0.05, 0) is 37.3 Å². The molecule has 12 heteroatoms. The Bertz CT molecular complexity index is 1560. The maximum Gasteiger partial charge on any atom is 0.261 e. The Morgan fingerprint density at radius 1 is 1.06 bits per heavy atom. The Morgan fingerprint density at radius 3 is 2.47 bits per heavy atom. The number of ether oxygens (including phenoxy) is 1. The molecule has 4 rings (SSSR count). The minimum Gasteiger partial charge on any atom is -0.454 e. The maximum atomic E-state index is 14.3. The highest BCUT2D eigenvalue weighted by Gasteiger charge is 2.20. The maximum absolute atomic E-state index is 14.3. The molecular weight excluding hydrogens is 470 g/mol. The first-order valence-corrected chi connectivity index (χ1v) is 11.7. The van der Waals surface area contributed by atoms with Crippen molar-refractivity contribution in [3.05, 3.63) is 70.8 Å². The number of nitrogens with zero attached hydrogens (tertiary/aromatic N) is 3. The summed E-state index contributed by atoms with van der Waals surface area (Å²) in [6, 6.07) is 7.24. The third-order valence-electron chi connectivity index (χ3n) is 5.05. The van der Waals surface area contributed by atoms with E-state index < -0.39 is 21.7 Å². The fraction of sp³-hybridized carbons (Fsp3) is 0.182. The van der Waals surface area contributed by atoms with Gasteiger partial charge in [0.25, 0.3) is 5.56 Å². The molecule has 4 aromatic rings. The summed E-state index contributed by atoms with van der Waals surface area (Å²) < 4.78 is 61.4. The lowest BCUT2D eigenvalue weighted by Gasteiger charge is -2.15. The van der Waals surface area contributed by atoms with Crippen LogP contribution in [0.3, 0.4) is 0 Å². The second-order valence-electron chi connectivity index (χ2n) is 7.33. The van der Waals surface area contributed by atoms with Gasteiger partial charge in [-0.1, -0.05) is 0 Å². The van der Waals surface area contributed by atoms with Crippen LogP contribution in [0.25, 0.3) is 22.0 Å². The topological polar surface area (TPSA) is 104 Å². The number of fused-ring (bicyclic) bond motifs is 1. The predicted molar refractivity (Wildman–Crippen MR) is 122 cm³/mol. The Kier molecular flexibility index (Phi) is 6.00. The average Bonchev–Trinajstić information content (AvgIpc) is 3.24. The Morgan fingerprint density at radius 2 is 1.79 bits per heavy atom. The van der Waals surface area contributed by atoms with Crippen LogP contribution in [-0.4, -0.2) is 35.8 Å². The van der Waals surface area contributed by atoms with Gasteiger partial charge in [0.2, 0.25) is 10.0 Å². The predicted octanol–water partition coefficient (Wildman–Crippen LogP) is 3.29. The number of nitrogens with one attached hydrogen (secondary N) is 1. The first-order chi connectivity index (χ1) is 16.1. The number of hydrogen-bond acceptors (Lipinski definition) is 6. The number of halogens is 2. The van der Waals surface area contributed by atoms with Gasteiger partial charge in [0.05, 0.1) is 17.3 Å². The fourth-order valence-electron chi connectivity index (χ4n) is 3.32. The fourth-order valence-corrected chi connectivity index (χ4v) is 3.95. The average molecular weight is 490 g/mol. The van der Waals surface area contributed by atoms with E-state index in [0.717, 1.165) is 17.0 Å². The molecule has 0 radical (unpaired) electrons. The molecule has 0 saturated heterocycles. The van der Waals surface area contributed by atoms with Crippen molar-refractivity contribution < 1.29 is 26.8 Å². The van der Waals surface area contributed by atoms with Crippen LogP contribution in [0.15, 0.2) is 53.6 Å². The summed E-state index contributed by atoms with van der Waals surface area (Å²) in [6.45, 7) is 1.49. The van der Waals surface area contributed by atoms with Crippen molar-refractivity contribution in [3.63, 3.8) is 0 Å². The third kappa shape index (κ3) is 4.44. The number of sulfonamides is 1. The first kappa shape index (κ1) is 23.2. The zero-order chi connectivity index (χ0) is 24.6. The number of rotatable bonds is 7. The molecule has 0 aliphatic carbocycles. The lowest BCUT2D eigenvalue weighted by molar-refractivity contribution is 0.136. The molecule has 0 unspecified atom stereocenters. The van der Waals surface area contributed by atoms with Crippen LogP contribution in [0.1, 0.15) is 6.92 Å². The number of aryl methyl sites for hydroxylation is 1. The highest BCUT2D eigenvalue weighted by Crippen LogP contribution is 2.38. The molecule has 2 aromatic heterocycles. The van der Waals surface area contributed by atoms with Gasteiger partial charge in [0.15, 0.2) is 11.6 Å². The standard InChI is InChI=1S/C22H20F2N4O5S/c1-4-34(30,31)26-14-6-8-19(33-20-7-5-13(23)9-18(20)24)15(10-14)16-11-27(2)22(29)17-12-28(32-3)25-21(16)17/h5-12,26H,4H2,1-3H3. The molecule has 0 atom stereocenters. The summed E-state index contributed by atoms with van der Waals surface area (Å²) in [5.41, 5.74) is 0.837. The molecule has 2 heterocycles. The molecule has 0 aliphatic heterocycles. The first-order valence-electron chi connectivity index (χ1n) is 10.0. The monoisotopic (exact) mass is 490 g/mol. The van der Waals surface area contributed by atoms with Gasteiger partial charge in [-0.15, -0.1) is 9.94 Å². The Balaban J connectivity index is 1.96. The molecule has 0 aliphatic rings. The van der Waals surface area contributed by atoms with Crippen LogP contribution in [0.4, 0.5) is 14.5 Å². The summed E-state index contributed by atoms with van der Waals surface area (Å²) in [5.74, 6) is -1.95. The van der Waals surface area contributed by atoms with E-state index in [2.05, 4.69) is 9.82 Å². The number of aromatic nitrogens is 3. The molecule has 0 amide bonds. The van der Waals surface area contributed by atoms with E-state index in [9.17, 15) is 22.0 Å². The molecular formula is C22H20F2N4O5S. The van der Waals surface area contributed by atoms with Crippen LogP contribution in [-0.2, 0) is 17.1 Å². The summed E-state index contributed by atoms with van der Waals surface area (Å²) in [5, 5.41) is 4.51. The van der Waals surface area contributed by atoms with Crippen molar-refractivity contribution in [2.75, 3.05) is 17.6 Å². The highest BCUT2D eigenvalue weighted by atomic mass is 32.2. The molecule has 178 valence electrons. The van der Waals surface area contributed by atoms with E-state index in [-0.39, 0.29) is 39.4 Å².